The smallest absolute Gasteiger partial charge is 0.279 e. The van der Waals surface area contributed by atoms with E-state index in [1.54, 1.807) is 18.6 Å². The average Bonchev–Trinajstić information content (AvgIpc) is 3.30. The van der Waals surface area contributed by atoms with E-state index in [1.807, 2.05) is 24.3 Å². The van der Waals surface area contributed by atoms with Gasteiger partial charge in [0.2, 0.25) is 5.95 Å². The van der Waals surface area contributed by atoms with Crippen LogP contribution in [-0.4, -0.2) is 38.9 Å². The molecule has 4 N–H and O–H groups in total. The molecule has 0 saturated carbocycles. The van der Waals surface area contributed by atoms with Gasteiger partial charge < -0.3 is 15.5 Å². The Morgan fingerprint density at radius 2 is 1.97 bits per heavy atom. The number of carbonyl (C=O) groups is 1. The molecule has 0 radical (unpaired) electrons. The number of hydrogen-bond donors (Lipinski definition) is 3. The first-order valence-electron chi connectivity index (χ1n) is 10.1. The van der Waals surface area contributed by atoms with Gasteiger partial charge in [-0.3, -0.25) is 15.1 Å². The monoisotopic (exact) mass is 415 g/mol. The molecule has 9 heteroatoms. The molecule has 0 atom stereocenters. The third kappa shape index (κ3) is 4.08. The van der Waals surface area contributed by atoms with Gasteiger partial charge >= 0.3 is 0 Å². The third-order valence-electron chi connectivity index (χ3n) is 5.34. The molecule has 1 aromatic carbocycles. The number of benzene rings is 1. The number of nitrogens with zero attached hydrogens (tertiary/aromatic N) is 4. The second-order valence-corrected chi connectivity index (χ2v) is 7.52. The number of nitrogen functional groups attached to an aromatic ring is 1. The fourth-order valence-electron chi connectivity index (χ4n) is 3.69. The highest BCUT2D eigenvalue weighted by atomic mass is 16.3. The lowest BCUT2D eigenvalue weighted by molar-refractivity contribution is 0.102. The Morgan fingerprint density at radius 3 is 2.81 bits per heavy atom. The van der Waals surface area contributed by atoms with Crippen molar-refractivity contribution in [1.82, 2.24) is 25.3 Å². The molecule has 31 heavy (non-hydrogen) atoms. The highest BCUT2D eigenvalue weighted by molar-refractivity contribution is 6.02. The lowest BCUT2D eigenvalue weighted by Crippen LogP contribution is -2.26. The minimum Gasteiger partial charge on any atom is -0.448 e. The molecule has 1 aliphatic rings. The van der Waals surface area contributed by atoms with E-state index in [1.165, 1.54) is 6.26 Å². The normalized spacial score (nSPS) is 14.6. The van der Waals surface area contributed by atoms with Crippen LogP contribution in [0.15, 0.2) is 53.5 Å². The van der Waals surface area contributed by atoms with E-state index in [2.05, 4.69) is 30.6 Å². The number of piperidine rings is 1. The van der Waals surface area contributed by atoms with E-state index >= 15 is 0 Å². The quantitative estimate of drug-likeness (QED) is 0.463. The lowest BCUT2D eigenvalue weighted by Gasteiger charge is -2.19. The van der Waals surface area contributed by atoms with Gasteiger partial charge in [-0.15, -0.1) is 0 Å². The van der Waals surface area contributed by atoms with Crippen molar-refractivity contribution in [1.29, 1.82) is 0 Å². The summed E-state index contributed by atoms with van der Waals surface area (Å²) >= 11 is 0. The van der Waals surface area contributed by atoms with Crippen molar-refractivity contribution >= 4 is 28.4 Å². The Labute approximate surface area is 178 Å². The maximum atomic E-state index is 12.6. The Kier molecular flexibility index (Phi) is 5.01. The molecule has 0 spiro atoms. The standard InChI is InChI=1S/C22H21N7O2/c23-17-7-16(9-25-11-17)14-1-2-15-10-26-22(28-18(15)8-14)29-20(30)19-12-31-21(27-19)13-3-5-24-6-4-13/h1-2,7-13,24H,3-6,23H2,(H,26,28,29,30). The average molecular weight is 415 g/mol. The van der Waals surface area contributed by atoms with E-state index < -0.39 is 5.91 Å². The fourth-order valence-corrected chi connectivity index (χ4v) is 3.69. The summed E-state index contributed by atoms with van der Waals surface area (Å²) in [5.74, 6) is 0.636. The van der Waals surface area contributed by atoms with Crippen molar-refractivity contribution in [3.8, 4) is 11.1 Å². The molecule has 156 valence electrons. The number of nitrogens with two attached hydrogens (primary N) is 1. The Bertz CT molecular complexity index is 1250. The predicted octanol–water partition coefficient (Wildman–Crippen LogP) is 2.98. The first kappa shape index (κ1) is 19.1. The number of nitrogens with one attached hydrogen (secondary N) is 2. The van der Waals surface area contributed by atoms with Crippen molar-refractivity contribution in [3.63, 3.8) is 0 Å². The van der Waals surface area contributed by atoms with Crippen LogP contribution in [0.2, 0.25) is 0 Å². The molecule has 1 saturated heterocycles. The first-order chi connectivity index (χ1) is 15.2. The second-order valence-electron chi connectivity index (χ2n) is 7.52. The van der Waals surface area contributed by atoms with Crippen LogP contribution in [0.1, 0.15) is 35.1 Å². The SMILES string of the molecule is Nc1cncc(-c2ccc3cnc(NC(=O)c4coc(C5CCNCC5)n4)nc3c2)c1. The van der Waals surface area contributed by atoms with Crippen LogP contribution in [-0.2, 0) is 0 Å². The number of amides is 1. The van der Waals surface area contributed by atoms with Crippen molar-refractivity contribution in [3.05, 3.63) is 60.7 Å². The van der Waals surface area contributed by atoms with Crippen LogP contribution in [0.4, 0.5) is 11.6 Å². The van der Waals surface area contributed by atoms with Crippen LogP contribution < -0.4 is 16.4 Å². The topological polar surface area (TPSA) is 132 Å². The van der Waals surface area contributed by atoms with Gasteiger partial charge in [-0.2, -0.15) is 0 Å². The van der Waals surface area contributed by atoms with E-state index in [4.69, 9.17) is 10.2 Å². The predicted molar refractivity (Wildman–Crippen MR) is 116 cm³/mol. The van der Waals surface area contributed by atoms with Gasteiger partial charge in [-0.1, -0.05) is 12.1 Å². The van der Waals surface area contributed by atoms with Gasteiger partial charge in [0.15, 0.2) is 11.6 Å². The number of rotatable bonds is 4. The summed E-state index contributed by atoms with van der Waals surface area (Å²) < 4.78 is 5.55. The molecule has 1 aliphatic heterocycles. The molecule has 3 aromatic heterocycles. The maximum Gasteiger partial charge on any atom is 0.279 e. The highest BCUT2D eigenvalue weighted by Gasteiger charge is 2.22. The van der Waals surface area contributed by atoms with Gasteiger partial charge in [-0.05, 0) is 43.6 Å². The number of oxazole rings is 1. The highest BCUT2D eigenvalue weighted by Crippen LogP contribution is 2.26. The Balaban J connectivity index is 1.36. The summed E-state index contributed by atoms with van der Waals surface area (Å²) in [5.41, 5.74) is 9.15. The second kappa shape index (κ2) is 8.11. The molecular formula is C22H21N7O2. The van der Waals surface area contributed by atoms with Crippen LogP contribution in [0, 0.1) is 0 Å². The fraction of sp³-hybridized carbons (Fsp3) is 0.227. The third-order valence-corrected chi connectivity index (χ3v) is 5.34. The van der Waals surface area contributed by atoms with Crippen LogP contribution >= 0.6 is 0 Å². The maximum absolute atomic E-state index is 12.6. The van der Waals surface area contributed by atoms with Gasteiger partial charge in [-0.25, -0.2) is 15.0 Å². The van der Waals surface area contributed by atoms with Gasteiger partial charge in [0.1, 0.15) is 6.26 Å². The van der Waals surface area contributed by atoms with Gasteiger partial charge in [0, 0.05) is 35.5 Å². The molecule has 5 rings (SSSR count). The van der Waals surface area contributed by atoms with Crippen LogP contribution in [0.25, 0.3) is 22.0 Å². The summed E-state index contributed by atoms with van der Waals surface area (Å²) in [4.78, 5) is 29.9. The summed E-state index contributed by atoms with van der Waals surface area (Å²) in [6.45, 7) is 1.85. The van der Waals surface area contributed by atoms with E-state index in [0.29, 0.717) is 17.1 Å². The van der Waals surface area contributed by atoms with Gasteiger partial charge in [0.25, 0.3) is 5.91 Å². The van der Waals surface area contributed by atoms with E-state index in [9.17, 15) is 4.79 Å². The molecule has 9 nitrogen and oxygen atoms in total. The van der Waals surface area contributed by atoms with Gasteiger partial charge in [0.05, 0.1) is 11.2 Å². The van der Waals surface area contributed by atoms with Crippen LogP contribution in [0.5, 0.6) is 0 Å². The minimum atomic E-state index is -0.403. The number of pyridine rings is 1. The largest absolute Gasteiger partial charge is 0.448 e. The Hall–Kier alpha value is -3.85. The molecule has 0 bridgehead atoms. The molecule has 0 unspecified atom stereocenters. The molecular weight excluding hydrogens is 394 g/mol. The number of anilines is 2. The first-order valence-corrected chi connectivity index (χ1v) is 10.1. The molecule has 1 fully saturated rings. The van der Waals surface area contributed by atoms with Crippen molar-refractivity contribution in [2.75, 3.05) is 24.1 Å². The van der Waals surface area contributed by atoms with Crippen molar-refractivity contribution < 1.29 is 9.21 Å². The summed E-state index contributed by atoms with van der Waals surface area (Å²) in [6, 6.07) is 7.64. The molecule has 4 aromatic rings. The zero-order valence-electron chi connectivity index (χ0n) is 16.7. The summed E-state index contributed by atoms with van der Waals surface area (Å²) in [6.07, 6.45) is 8.29. The zero-order chi connectivity index (χ0) is 21.2. The number of aromatic nitrogens is 4. The molecule has 4 heterocycles. The van der Waals surface area contributed by atoms with Crippen LogP contribution in [0.3, 0.4) is 0 Å². The van der Waals surface area contributed by atoms with Crippen molar-refractivity contribution in [2.45, 2.75) is 18.8 Å². The summed E-state index contributed by atoms with van der Waals surface area (Å²) in [7, 11) is 0. The number of fused-ring (bicyclic) bond motifs is 1. The summed E-state index contributed by atoms with van der Waals surface area (Å²) in [5, 5.41) is 6.86. The molecule has 0 aliphatic carbocycles. The van der Waals surface area contributed by atoms with E-state index in [-0.39, 0.29) is 17.6 Å². The van der Waals surface area contributed by atoms with Crippen molar-refractivity contribution in [2.24, 2.45) is 0 Å². The zero-order valence-corrected chi connectivity index (χ0v) is 16.7. The Morgan fingerprint density at radius 1 is 1.10 bits per heavy atom. The molecule has 1 amide bonds. The minimum absolute atomic E-state index is 0.201. The number of hydrogen-bond acceptors (Lipinski definition) is 8. The lowest BCUT2D eigenvalue weighted by atomic mass is 9.98. The van der Waals surface area contributed by atoms with E-state index in [0.717, 1.165) is 42.4 Å². The number of carbonyl (C=O) groups excluding carboxylic acids is 1.